The van der Waals surface area contributed by atoms with Crippen LogP contribution >= 0.6 is 22.7 Å². The highest BCUT2D eigenvalue weighted by Crippen LogP contribution is 2.45. The van der Waals surface area contributed by atoms with Gasteiger partial charge in [0.15, 0.2) is 0 Å². The molecule has 0 saturated heterocycles. The zero-order chi connectivity index (χ0) is 39.8. The van der Waals surface area contributed by atoms with E-state index in [9.17, 15) is 0 Å². The molecule has 4 heteroatoms. The molecule has 284 valence electrons. The first-order valence-electron chi connectivity index (χ1n) is 20.2. The number of nitrogens with zero attached hydrogens (tertiary/aromatic N) is 2. The van der Waals surface area contributed by atoms with E-state index in [2.05, 4.69) is 221 Å². The van der Waals surface area contributed by atoms with Gasteiger partial charge in [0, 0.05) is 74.5 Å². The van der Waals surface area contributed by atoms with E-state index >= 15 is 0 Å². The molecule has 58 heavy (non-hydrogen) atoms. The minimum absolute atomic E-state index is 0.103. The van der Waals surface area contributed by atoms with Gasteiger partial charge in [-0.25, -0.2) is 0 Å². The number of para-hydroxylation sites is 2. The molecule has 0 radical (unpaired) electrons. The number of anilines is 6. The Balaban J connectivity index is 1.04. The normalized spacial score (nSPS) is 12.3. The summed E-state index contributed by atoms with van der Waals surface area (Å²) in [6, 6.07) is 63.2. The molecule has 0 saturated carbocycles. The molecule has 8 aromatic carbocycles. The van der Waals surface area contributed by atoms with E-state index in [0.717, 1.165) is 34.1 Å². The van der Waals surface area contributed by atoms with Crippen molar-refractivity contribution >= 4 is 108 Å². The predicted octanol–water partition coefficient (Wildman–Crippen LogP) is 17.1. The van der Waals surface area contributed by atoms with Crippen molar-refractivity contribution in [3.63, 3.8) is 0 Å². The Morgan fingerprint density at radius 1 is 0.310 bits per heavy atom. The zero-order valence-electron chi connectivity index (χ0n) is 33.9. The van der Waals surface area contributed by atoms with E-state index in [4.69, 9.17) is 0 Å². The first kappa shape index (κ1) is 36.4. The van der Waals surface area contributed by atoms with Crippen LogP contribution in [0.4, 0.5) is 34.1 Å². The quantitative estimate of drug-likeness (QED) is 0.166. The summed E-state index contributed by atoms with van der Waals surface area (Å²) in [4.78, 5) is 4.75. The monoisotopic (exact) mass is 786 g/mol. The minimum atomic E-state index is 0.103. The maximum atomic E-state index is 2.42. The Labute approximate surface area is 349 Å². The van der Waals surface area contributed by atoms with Crippen molar-refractivity contribution in [1.82, 2.24) is 0 Å². The third-order valence-corrected chi connectivity index (χ3v) is 13.7. The van der Waals surface area contributed by atoms with Crippen molar-refractivity contribution in [1.29, 1.82) is 0 Å². The topological polar surface area (TPSA) is 6.48 Å². The minimum Gasteiger partial charge on any atom is -0.310 e. The lowest BCUT2D eigenvalue weighted by Gasteiger charge is -2.27. The molecule has 10 aromatic rings. The summed E-state index contributed by atoms with van der Waals surface area (Å²) in [5.41, 5.74) is 9.83. The van der Waals surface area contributed by atoms with Gasteiger partial charge < -0.3 is 9.80 Å². The molecule has 10 rings (SSSR count). The predicted molar refractivity (Wildman–Crippen MR) is 256 cm³/mol. The van der Waals surface area contributed by atoms with Gasteiger partial charge in [0.05, 0.1) is 0 Å². The van der Waals surface area contributed by atoms with Crippen LogP contribution in [-0.2, 0) is 10.8 Å². The number of fused-ring (bicyclic) bond motifs is 7. The largest absolute Gasteiger partial charge is 0.310 e. The van der Waals surface area contributed by atoms with E-state index < -0.39 is 0 Å². The molecule has 0 unspecified atom stereocenters. The van der Waals surface area contributed by atoms with Crippen LogP contribution in [0.25, 0.3) is 51.1 Å². The van der Waals surface area contributed by atoms with Crippen LogP contribution in [0.1, 0.15) is 52.7 Å². The highest BCUT2D eigenvalue weighted by Gasteiger charge is 2.20. The number of hydrogen-bond donors (Lipinski definition) is 0. The smallest absolute Gasteiger partial charge is 0.0476 e. The molecule has 0 N–H and O–H groups in total. The van der Waals surface area contributed by atoms with Crippen molar-refractivity contribution in [3.05, 3.63) is 181 Å². The second-order valence-electron chi connectivity index (χ2n) is 17.5. The van der Waals surface area contributed by atoms with E-state index in [1.165, 1.54) is 62.2 Å². The lowest BCUT2D eigenvalue weighted by atomic mass is 9.87. The van der Waals surface area contributed by atoms with Gasteiger partial charge in [0.2, 0.25) is 0 Å². The number of rotatable bonds is 6. The summed E-state index contributed by atoms with van der Waals surface area (Å²) in [5.74, 6) is 0. The number of hydrogen-bond acceptors (Lipinski definition) is 4. The van der Waals surface area contributed by atoms with Gasteiger partial charge >= 0.3 is 0 Å². The first-order chi connectivity index (χ1) is 28.0. The fraction of sp³-hybridized carbons (Fsp3) is 0.148. The highest BCUT2D eigenvalue weighted by atomic mass is 32.1. The van der Waals surface area contributed by atoms with Crippen molar-refractivity contribution < 1.29 is 0 Å². The van der Waals surface area contributed by atoms with E-state index in [0.29, 0.717) is 0 Å². The number of thiophene rings is 2. The molecular formula is C54H46N2S2. The first-order valence-corrected chi connectivity index (χ1v) is 21.8. The molecule has 0 spiro atoms. The maximum absolute atomic E-state index is 2.42. The summed E-state index contributed by atoms with van der Waals surface area (Å²) in [5, 5.41) is 7.81. The summed E-state index contributed by atoms with van der Waals surface area (Å²) in [6.45, 7) is 13.6. The van der Waals surface area contributed by atoms with Gasteiger partial charge in [0.25, 0.3) is 0 Å². The van der Waals surface area contributed by atoms with Crippen LogP contribution in [0.15, 0.2) is 170 Å². The van der Waals surface area contributed by atoms with Crippen LogP contribution < -0.4 is 9.80 Å². The Kier molecular flexibility index (Phi) is 8.70. The van der Waals surface area contributed by atoms with Crippen LogP contribution in [0.2, 0.25) is 0 Å². The van der Waals surface area contributed by atoms with E-state index in [1.807, 2.05) is 22.7 Å². The highest BCUT2D eigenvalue weighted by molar-refractivity contribution is 7.26. The molecule has 0 amide bonds. The lowest BCUT2D eigenvalue weighted by Crippen LogP contribution is -2.13. The van der Waals surface area contributed by atoms with E-state index in [1.54, 1.807) is 0 Å². The molecule has 0 aliphatic carbocycles. The van der Waals surface area contributed by atoms with Gasteiger partial charge in [-0.3, -0.25) is 0 Å². The molecule has 2 heterocycles. The third-order valence-electron chi connectivity index (χ3n) is 11.5. The Bertz CT molecular complexity index is 2900. The zero-order valence-corrected chi connectivity index (χ0v) is 35.5. The average molecular weight is 787 g/mol. The number of benzene rings is 8. The average Bonchev–Trinajstić information content (AvgIpc) is 3.76. The van der Waals surface area contributed by atoms with Gasteiger partial charge in [-0.15, -0.1) is 22.7 Å². The van der Waals surface area contributed by atoms with Crippen LogP contribution in [0.3, 0.4) is 0 Å². The lowest BCUT2D eigenvalue weighted by molar-refractivity contribution is 0.590. The van der Waals surface area contributed by atoms with Crippen molar-refractivity contribution in [2.24, 2.45) is 0 Å². The van der Waals surface area contributed by atoms with Gasteiger partial charge in [-0.1, -0.05) is 114 Å². The molecule has 0 bridgehead atoms. The Hall–Kier alpha value is -5.94. The fourth-order valence-corrected chi connectivity index (χ4v) is 10.7. The summed E-state index contributed by atoms with van der Waals surface area (Å²) in [6.07, 6.45) is 0. The third kappa shape index (κ3) is 6.51. The second-order valence-corrected chi connectivity index (χ2v) is 19.7. The molecule has 0 atom stereocenters. The Morgan fingerprint density at radius 2 is 0.638 bits per heavy atom. The molecule has 0 fully saturated rings. The SMILES string of the molecule is CC(C)(C)c1ccc(N(c2ccccc2)c2ccc3c(c2)sc2cc4cc5sc6cc(N(c7ccccc7)c7ccc(C(C)(C)C)cc7)ccc6c5cc4cc23)cc1. The molecule has 2 nitrogen and oxygen atoms in total. The van der Waals surface area contributed by atoms with Crippen molar-refractivity contribution in [2.75, 3.05) is 9.80 Å². The standard InChI is InChI=1S/C54H46N2S2/c1-53(2,3)37-17-21-41(22-18-37)55(39-13-9-7-10-14-39)43-25-27-45-47-29-35-30-48-46-28-26-44(34-52(46)58-50(48)32-36(35)31-49(47)57-51(45)33-43)56(40-15-11-8-12-16-40)42-23-19-38(20-24-42)54(4,5)6/h7-34H,1-6H3. The molecule has 2 aromatic heterocycles. The molecule has 0 aliphatic heterocycles. The second kappa shape index (κ2) is 13.9. The fourth-order valence-electron chi connectivity index (χ4n) is 8.32. The van der Waals surface area contributed by atoms with Crippen LogP contribution in [0.5, 0.6) is 0 Å². The maximum Gasteiger partial charge on any atom is 0.0476 e. The summed E-state index contributed by atoms with van der Waals surface area (Å²) in [7, 11) is 0. The van der Waals surface area contributed by atoms with E-state index in [-0.39, 0.29) is 10.8 Å². The Morgan fingerprint density at radius 3 is 1.02 bits per heavy atom. The molecular weight excluding hydrogens is 741 g/mol. The van der Waals surface area contributed by atoms with Crippen LogP contribution in [-0.4, -0.2) is 0 Å². The van der Waals surface area contributed by atoms with Crippen molar-refractivity contribution in [3.8, 4) is 0 Å². The summed E-state index contributed by atoms with van der Waals surface area (Å²) >= 11 is 3.78. The van der Waals surface area contributed by atoms with Gasteiger partial charge in [0.1, 0.15) is 0 Å². The summed E-state index contributed by atoms with van der Waals surface area (Å²) < 4.78 is 5.23. The van der Waals surface area contributed by atoms with Gasteiger partial charge in [-0.2, -0.15) is 0 Å². The van der Waals surface area contributed by atoms with Crippen LogP contribution in [0, 0.1) is 0 Å². The van der Waals surface area contributed by atoms with Crippen molar-refractivity contribution in [2.45, 2.75) is 52.4 Å². The van der Waals surface area contributed by atoms with Gasteiger partial charge in [-0.05, 0) is 130 Å². The molecule has 0 aliphatic rings.